The second-order valence-corrected chi connectivity index (χ2v) is 5.85. The molecule has 0 fully saturated rings. The molecular weight excluding hydrogens is 339 g/mol. The van der Waals surface area contributed by atoms with Gasteiger partial charge in [0.15, 0.2) is 11.6 Å². The van der Waals surface area contributed by atoms with Gasteiger partial charge in [-0.25, -0.2) is 9.38 Å². The number of hydrazine groups is 1. The zero-order chi connectivity index (χ0) is 18.3. The first-order valence-electron chi connectivity index (χ1n) is 7.84. The Hall–Kier alpha value is -3.55. The van der Waals surface area contributed by atoms with Crippen molar-refractivity contribution in [3.05, 3.63) is 58.5 Å². The van der Waals surface area contributed by atoms with E-state index in [0.717, 1.165) is 16.6 Å². The van der Waals surface area contributed by atoms with E-state index >= 15 is 0 Å². The van der Waals surface area contributed by atoms with E-state index in [1.54, 1.807) is 24.5 Å². The molecule has 2 aromatic rings. The van der Waals surface area contributed by atoms with Crippen LogP contribution in [-0.2, 0) is 4.79 Å². The zero-order valence-corrected chi connectivity index (χ0v) is 13.8. The van der Waals surface area contributed by atoms with Crippen LogP contribution in [-0.4, -0.2) is 29.7 Å². The summed E-state index contributed by atoms with van der Waals surface area (Å²) in [5.74, 6) is -1.21. The van der Waals surface area contributed by atoms with Crippen molar-refractivity contribution in [2.45, 2.75) is 0 Å². The van der Waals surface area contributed by atoms with Gasteiger partial charge in [0, 0.05) is 23.2 Å². The summed E-state index contributed by atoms with van der Waals surface area (Å²) in [5, 5.41) is 15.1. The van der Waals surface area contributed by atoms with Crippen molar-refractivity contribution in [2.75, 3.05) is 24.4 Å². The highest BCUT2D eigenvalue weighted by Gasteiger charge is 2.16. The van der Waals surface area contributed by atoms with Gasteiger partial charge in [0.2, 0.25) is 0 Å². The summed E-state index contributed by atoms with van der Waals surface area (Å²) in [4.78, 5) is 15.4. The quantitative estimate of drug-likeness (QED) is 0.768. The highest BCUT2D eigenvalue weighted by Crippen LogP contribution is 2.25. The van der Waals surface area contributed by atoms with Gasteiger partial charge in [-0.1, -0.05) is 0 Å². The molecule has 4 rings (SSSR count). The zero-order valence-electron chi connectivity index (χ0n) is 13.8. The first-order valence-corrected chi connectivity index (χ1v) is 7.84. The number of nitrogens with zero attached hydrogens (tertiary/aromatic N) is 2. The topological polar surface area (TPSA) is 86.2 Å². The lowest BCUT2D eigenvalue weighted by molar-refractivity contribution is -0.137. The van der Waals surface area contributed by atoms with Gasteiger partial charge in [-0.3, -0.25) is 15.2 Å². The maximum absolute atomic E-state index is 13.9. The van der Waals surface area contributed by atoms with E-state index in [1.807, 2.05) is 12.1 Å². The Bertz CT molecular complexity index is 1060. The first-order chi connectivity index (χ1) is 12.5. The molecule has 0 spiro atoms. The number of methoxy groups -OCH3 is 1. The molecule has 3 N–H and O–H groups in total. The van der Waals surface area contributed by atoms with E-state index in [9.17, 15) is 9.18 Å². The monoisotopic (exact) mass is 354 g/mol. The second-order valence-electron chi connectivity index (χ2n) is 5.85. The van der Waals surface area contributed by atoms with Crippen molar-refractivity contribution < 1.29 is 19.0 Å². The number of hydrogen-bond acceptors (Lipinski definition) is 6. The lowest BCUT2D eigenvalue weighted by Crippen LogP contribution is -2.27. The number of ether oxygens (including phenoxy) is 1. The van der Waals surface area contributed by atoms with E-state index in [1.165, 1.54) is 18.2 Å². The summed E-state index contributed by atoms with van der Waals surface area (Å²) in [5.41, 5.74) is 5.76. The minimum absolute atomic E-state index is 0.154. The molecule has 26 heavy (non-hydrogen) atoms. The Kier molecular flexibility index (Phi) is 3.72. The van der Waals surface area contributed by atoms with E-state index in [4.69, 9.17) is 9.84 Å². The molecule has 0 aliphatic carbocycles. The standard InChI is InChI=1S/C18H15FN4O3/c1-26-17-3-2-10(4-12(17)19)16-7-20-14-5-11-8-23(9-18(24)25)22-13(11)6-15(14)21-16/h2-8,20,22H,9H2,1H3,(H,24,25). The number of nitrogens with one attached hydrogen (secondary N) is 2. The molecule has 132 valence electrons. The summed E-state index contributed by atoms with van der Waals surface area (Å²) in [7, 11) is 1.42. The molecule has 0 radical (unpaired) electrons. The van der Waals surface area contributed by atoms with Crippen LogP contribution >= 0.6 is 0 Å². The normalized spacial score (nSPS) is 14.1. The highest BCUT2D eigenvalue weighted by molar-refractivity contribution is 5.74. The van der Waals surface area contributed by atoms with E-state index in [0.29, 0.717) is 16.6 Å². The fourth-order valence-electron chi connectivity index (χ4n) is 2.88. The molecule has 0 unspecified atom stereocenters. The number of carbonyl (C=O) groups is 1. The van der Waals surface area contributed by atoms with Crippen LogP contribution < -0.4 is 26.1 Å². The van der Waals surface area contributed by atoms with E-state index < -0.39 is 11.8 Å². The largest absolute Gasteiger partial charge is 0.494 e. The first kappa shape index (κ1) is 15.9. The predicted octanol–water partition coefficient (Wildman–Crippen LogP) is 1.34. The number of aliphatic carboxylic acids is 1. The maximum atomic E-state index is 13.9. The van der Waals surface area contributed by atoms with Gasteiger partial charge in [0.05, 0.1) is 29.5 Å². The molecule has 2 aliphatic rings. The molecule has 0 aromatic heterocycles. The van der Waals surface area contributed by atoms with Crippen molar-refractivity contribution in [3.8, 4) is 5.75 Å². The fraction of sp³-hybridized carbons (Fsp3) is 0.111. The Morgan fingerprint density at radius 1 is 1.31 bits per heavy atom. The summed E-state index contributed by atoms with van der Waals surface area (Å²) >= 11 is 0. The third-order valence-corrected chi connectivity index (χ3v) is 4.09. The lowest BCUT2D eigenvalue weighted by atomic mass is 10.1. The van der Waals surface area contributed by atoms with Gasteiger partial charge >= 0.3 is 5.97 Å². The lowest BCUT2D eigenvalue weighted by Gasteiger charge is -2.15. The third-order valence-electron chi connectivity index (χ3n) is 4.09. The maximum Gasteiger partial charge on any atom is 0.325 e. The number of rotatable bonds is 4. The van der Waals surface area contributed by atoms with E-state index in [-0.39, 0.29) is 12.3 Å². The van der Waals surface area contributed by atoms with Crippen LogP contribution in [0.1, 0.15) is 5.56 Å². The smallest absolute Gasteiger partial charge is 0.325 e. The van der Waals surface area contributed by atoms with Crippen LogP contribution in [0.5, 0.6) is 5.75 Å². The van der Waals surface area contributed by atoms with Crippen molar-refractivity contribution in [2.24, 2.45) is 4.99 Å². The molecule has 0 saturated heterocycles. The molecule has 7 nitrogen and oxygen atoms in total. The number of carboxylic acid groups (broad SMARTS) is 1. The molecule has 2 heterocycles. The van der Waals surface area contributed by atoms with E-state index in [2.05, 4.69) is 15.7 Å². The Morgan fingerprint density at radius 3 is 2.88 bits per heavy atom. The van der Waals surface area contributed by atoms with Gasteiger partial charge in [-0.05, 0) is 30.3 Å². The minimum Gasteiger partial charge on any atom is -0.494 e. The van der Waals surface area contributed by atoms with Crippen LogP contribution in [0.4, 0.5) is 15.8 Å². The summed E-state index contributed by atoms with van der Waals surface area (Å²) < 4.78 is 18.9. The number of carboxylic acids is 1. The molecule has 2 aliphatic heterocycles. The van der Waals surface area contributed by atoms with Crippen LogP contribution in [0.25, 0.3) is 11.9 Å². The molecule has 2 aromatic carbocycles. The van der Waals surface area contributed by atoms with Crippen LogP contribution in [0.3, 0.4) is 0 Å². The van der Waals surface area contributed by atoms with Crippen LogP contribution in [0.15, 0.2) is 41.5 Å². The SMILES string of the molecule is COc1ccc(C2=CNc3cc4c(cc3=N2)NN(CC(=O)O)C=4)cc1F. The third kappa shape index (κ3) is 2.81. The van der Waals surface area contributed by atoms with Gasteiger partial charge < -0.3 is 15.2 Å². The average molecular weight is 354 g/mol. The molecular formula is C18H15FN4O3. The molecule has 0 atom stereocenters. The average Bonchev–Trinajstić information content (AvgIpc) is 2.99. The Morgan fingerprint density at radius 2 is 2.15 bits per heavy atom. The van der Waals surface area contributed by atoms with Crippen molar-refractivity contribution in [1.82, 2.24) is 5.01 Å². The second kappa shape index (κ2) is 6.07. The number of anilines is 2. The molecule has 0 bridgehead atoms. The Balaban J connectivity index is 1.68. The van der Waals surface area contributed by atoms with Crippen molar-refractivity contribution in [1.29, 1.82) is 0 Å². The van der Waals surface area contributed by atoms with Gasteiger partial charge in [-0.15, -0.1) is 0 Å². The van der Waals surface area contributed by atoms with Gasteiger partial charge in [0.25, 0.3) is 0 Å². The highest BCUT2D eigenvalue weighted by atomic mass is 19.1. The number of benzene rings is 2. The summed E-state index contributed by atoms with van der Waals surface area (Å²) in [6, 6.07) is 8.36. The fourth-order valence-corrected chi connectivity index (χ4v) is 2.88. The molecule has 8 heteroatoms. The van der Waals surface area contributed by atoms with Crippen LogP contribution in [0, 0.1) is 5.82 Å². The number of halogens is 1. The summed E-state index contributed by atoms with van der Waals surface area (Å²) in [6.45, 7) is -0.154. The van der Waals surface area contributed by atoms with Crippen LogP contribution in [0.2, 0.25) is 0 Å². The number of fused-ring (bicyclic) bond motifs is 2. The minimum atomic E-state index is -0.931. The Labute approximate surface area is 147 Å². The van der Waals surface area contributed by atoms with Gasteiger partial charge in [0.1, 0.15) is 6.54 Å². The molecule has 0 saturated carbocycles. The predicted molar refractivity (Wildman–Crippen MR) is 94.2 cm³/mol. The van der Waals surface area contributed by atoms with Crippen molar-refractivity contribution >= 4 is 29.2 Å². The number of hydrogen-bond donors (Lipinski definition) is 3. The van der Waals surface area contributed by atoms with Gasteiger partial charge in [-0.2, -0.15) is 0 Å². The summed E-state index contributed by atoms with van der Waals surface area (Å²) in [6.07, 6.45) is 3.43. The molecule has 0 amide bonds. The van der Waals surface area contributed by atoms with Crippen molar-refractivity contribution in [3.63, 3.8) is 0 Å².